The van der Waals surface area contributed by atoms with E-state index < -0.39 is 21.7 Å². The van der Waals surface area contributed by atoms with E-state index in [1.807, 2.05) is 11.6 Å². The van der Waals surface area contributed by atoms with Crippen molar-refractivity contribution in [2.45, 2.75) is 24.3 Å². The summed E-state index contributed by atoms with van der Waals surface area (Å²) in [6.07, 6.45) is 2.38. The maximum absolute atomic E-state index is 13.1. The number of hydrogen-bond acceptors (Lipinski definition) is 5. The lowest BCUT2D eigenvalue weighted by Crippen LogP contribution is -2.30. The first-order valence-electron chi connectivity index (χ1n) is 6.93. The van der Waals surface area contributed by atoms with Gasteiger partial charge in [-0.1, -0.05) is 11.6 Å². The fraction of sp³-hybridized carbons (Fsp3) is 0.200. The van der Waals surface area contributed by atoms with Crippen molar-refractivity contribution in [2.24, 2.45) is 0 Å². The molecule has 2 aromatic rings. The second-order valence-electron chi connectivity index (χ2n) is 5.35. The number of ether oxygens (including phenoxy) is 1. The molecular formula is C15H12ClFN2O4S. The third-order valence-corrected chi connectivity index (χ3v) is 5.02. The highest BCUT2D eigenvalue weighted by Gasteiger charge is 2.27. The Morgan fingerprint density at radius 3 is 2.83 bits per heavy atom. The van der Waals surface area contributed by atoms with Crippen molar-refractivity contribution in [3.63, 3.8) is 0 Å². The van der Waals surface area contributed by atoms with E-state index in [0.29, 0.717) is 17.7 Å². The minimum Gasteiger partial charge on any atom is -0.489 e. The fourth-order valence-electron chi connectivity index (χ4n) is 2.39. The van der Waals surface area contributed by atoms with E-state index in [2.05, 4.69) is 4.98 Å². The summed E-state index contributed by atoms with van der Waals surface area (Å²) in [6.45, 7) is 1.84. The van der Waals surface area contributed by atoms with Crippen LogP contribution in [0.3, 0.4) is 0 Å². The summed E-state index contributed by atoms with van der Waals surface area (Å²) in [7, 11) is -4.17. The molecule has 0 unspecified atom stereocenters. The Balaban J connectivity index is 1.90. The normalized spacial score (nSPS) is 16.4. The standard InChI is InChI=1S/C15H12ClFN2O4S/c1-8-2-9-4-12(5-13(16)14(9)23-8)24(21,22)19-15(20)10-3-11(17)7-18-6-10/h3-8H,2H2,1H3,(H,19,20)/t8-/m1/s1. The van der Waals surface area contributed by atoms with Crippen LogP contribution in [0.15, 0.2) is 35.5 Å². The number of sulfonamides is 1. The van der Waals surface area contributed by atoms with Gasteiger partial charge in [-0.15, -0.1) is 0 Å². The molecule has 3 rings (SSSR count). The Labute approximate surface area is 142 Å². The first-order valence-corrected chi connectivity index (χ1v) is 8.79. The number of hydrogen-bond donors (Lipinski definition) is 1. The lowest BCUT2D eigenvalue weighted by Gasteiger charge is -2.09. The van der Waals surface area contributed by atoms with Gasteiger partial charge in [-0.25, -0.2) is 17.5 Å². The van der Waals surface area contributed by atoms with E-state index in [-0.39, 0.29) is 21.6 Å². The van der Waals surface area contributed by atoms with Crippen molar-refractivity contribution in [1.29, 1.82) is 0 Å². The zero-order chi connectivity index (χ0) is 17.5. The maximum Gasteiger partial charge on any atom is 0.266 e. The summed E-state index contributed by atoms with van der Waals surface area (Å²) >= 11 is 6.06. The second-order valence-corrected chi connectivity index (χ2v) is 7.44. The highest BCUT2D eigenvalue weighted by Crippen LogP contribution is 2.37. The highest BCUT2D eigenvalue weighted by atomic mass is 35.5. The van der Waals surface area contributed by atoms with Crippen molar-refractivity contribution in [3.05, 3.63) is 52.6 Å². The van der Waals surface area contributed by atoms with Crippen LogP contribution < -0.4 is 9.46 Å². The minimum absolute atomic E-state index is 0.108. The minimum atomic E-state index is -4.17. The first-order chi connectivity index (χ1) is 11.3. The molecule has 24 heavy (non-hydrogen) atoms. The fourth-order valence-corrected chi connectivity index (χ4v) is 3.79. The zero-order valence-electron chi connectivity index (χ0n) is 12.4. The van der Waals surface area contributed by atoms with Crippen molar-refractivity contribution in [2.75, 3.05) is 0 Å². The lowest BCUT2D eigenvalue weighted by atomic mass is 10.1. The van der Waals surface area contributed by atoms with Crippen LogP contribution in [0.5, 0.6) is 5.75 Å². The Morgan fingerprint density at radius 1 is 1.38 bits per heavy atom. The molecule has 0 aliphatic carbocycles. The summed E-state index contributed by atoms with van der Waals surface area (Å²) in [5, 5.41) is 0.150. The van der Waals surface area contributed by atoms with Crippen LogP contribution in [-0.2, 0) is 16.4 Å². The van der Waals surface area contributed by atoms with Crippen molar-refractivity contribution in [3.8, 4) is 5.75 Å². The van der Waals surface area contributed by atoms with Crippen molar-refractivity contribution >= 4 is 27.5 Å². The Bertz CT molecular complexity index is 933. The van der Waals surface area contributed by atoms with Crippen LogP contribution in [0.2, 0.25) is 5.02 Å². The number of fused-ring (bicyclic) bond motifs is 1. The molecule has 2 heterocycles. The topological polar surface area (TPSA) is 85.4 Å². The van der Waals surface area contributed by atoms with Crippen LogP contribution in [-0.4, -0.2) is 25.4 Å². The largest absolute Gasteiger partial charge is 0.489 e. The average molecular weight is 371 g/mol. The predicted molar refractivity (Wildman–Crippen MR) is 84.1 cm³/mol. The second kappa shape index (κ2) is 6.03. The first kappa shape index (κ1) is 16.7. The summed E-state index contributed by atoms with van der Waals surface area (Å²) in [6, 6.07) is 3.51. The molecule has 1 aromatic heterocycles. The number of halogens is 2. The van der Waals surface area contributed by atoms with E-state index >= 15 is 0 Å². The van der Waals surface area contributed by atoms with Gasteiger partial charge in [0, 0.05) is 18.2 Å². The zero-order valence-corrected chi connectivity index (χ0v) is 14.0. The van der Waals surface area contributed by atoms with Gasteiger partial charge in [-0.05, 0) is 25.1 Å². The number of amides is 1. The van der Waals surface area contributed by atoms with Crippen LogP contribution in [0, 0.1) is 5.82 Å². The van der Waals surface area contributed by atoms with Gasteiger partial charge in [0.1, 0.15) is 17.7 Å². The van der Waals surface area contributed by atoms with Gasteiger partial charge < -0.3 is 4.74 Å². The van der Waals surface area contributed by atoms with Crippen molar-refractivity contribution in [1.82, 2.24) is 9.71 Å². The van der Waals surface area contributed by atoms with Gasteiger partial charge >= 0.3 is 0 Å². The molecular weight excluding hydrogens is 359 g/mol. The number of pyridine rings is 1. The van der Waals surface area contributed by atoms with Crippen LogP contribution in [0.1, 0.15) is 22.8 Å². The number of benzene rings is 1. The molecule has 1 aliphatic rings. The van der Waals surface area contributed by atoms with E-state index in [4.69, 9.17) is 16.3 Å². The molecule has 1 atom stereocenters. The number of nitrogens with zero attached hydrogens (tertiary/aromatic N) is 1. The third-order valence-electron chi connectivity index (χ3n) is 3.42. The maximum atomic E-state index is 13.1. The molecule has 0 saturated heterocycles. The van der Waals surface area contributed by atoms with Gasteiger partial charge in [-0.2, -0.15) is 0 Å². The van der Waals surface area contributed by atoms with E-state index in [9.17, 15) is 17.6 Å². The van der Waals surface area contributed by atoms with Gasteiger partial charge in [-0.3, -0.25) is 9.78 Å². The molecule has 1 aliphatic heterocycles. The third kappa shape index (κ3) is 3.20. The molecule has 126 valence electrons. The molecule has 0 fully saturated rings. The molecule has 1 amide bonds. The van der Waals surface area contributed by atoms with Crippen LogP contribution >= 0.6 is 11.6 Å². The number of nitrogens with one attached hydrogen (secondary N) is 1. The Kier molecular flexibility index (Phi) is 4.18. The van der Waals surface area contributed by atoms with Gasteiger partial charge in [0.2, 0.25) is 0 Å². The molecule has 1 aromatic carbocycles. The average Bonchev–Trinajstić information content (AvgIpc) is 2.88. The molecule has 1 N–H and O–H groups in total. The molecule has 6 nitrogen and oxygen atoms in total. The van der Waals surface area contributed by atoms with Gasteiger partial charge in [0.25, 0.3) is 15.9 Å². The predicted octanol–water partition coefficient (Wildman–Crippen LogP) is 2.32. The van der Waals surface area contributed by atoms with Gasteiger partial charge in [0.05, 0.1) is 21.7 Å². The van der Waals surface area contributed by atoms with Crippen molar-refractivity contribution < 1.29 is 22.3 Å². The number of aromatic nitrogens is 1. The SMILES string of the molecule is C[C@@H]1Cc2cc(S(=O)(=O)NC(=O)c3cncc(F)c3)cc(Cl)c2O1. The van der Waals surface area contributed by atoms with E-state index in [1.54, 1.807) is 0 Å². The summed E-state index contributed by atoms with van der Waals surface area (Å²) in [5.74, 6) is -1.28. The molecule has 0 saturated carbocycles. The molecule has 0 bridgehead atoms. The Hall–Kier alpha value is -2.19. The number of carbonyl (C=O) groups is 1. The monoisotopic (exact) mass is 370 g/mol. The molecule has 0 radical (unpaired) electrons. The summed E-state index contributed by atoms with van der Waals surface area (Å²) < 4.78 is 45.3. The molecule has 0 spiro atoms. The van der Waals surface area contributed by atoms with Crippen LogP contribution in [0.25, 0.3) is 0 Å². The lowest BCUT2D eigenvalue weighted by molar-refractivity contribution is 0.0980. The highest BCUT2D eigenvalue weighted by molar-refractivity contribution is 7.90. The quantitative estimate of drug-likeness (QED) is 0.896. The van der Waals surface area contributed by atoms with Gasteiger partial charge in [0.15, 0.2) is 0 Å². The van der Waals surface area contributed by atoms with E-state index in [0.717, 1.165) is 18.5 Å². The van der Waals surface area contributed by atoms with E-state index in [1.165, 1.54) is 12.1 Å². The molecule has 9 heteroatoms. The smallest absolute Gasteiger partial charge is 0.266 e. The Morgan fingerprint density at radius 2 is 2.12 bits per heavy atom. The summed E-state index contributed by atoms with van der Waals surface area (Å²) in [5.41, 5.74) is 0.443. The number of carbonyl (C=O) groups excluding carboxylic acids is 1. The summed E-state index contributed by atoms with van der Waals surface area (Å²) in [4.78, 5) is 15.3. The number of rotatable bonds is 3. The van der Waals surface area contributed by atoms with Crippen LogP contribution in [0.4, 0.5) is 4.39 Å².